The monoisotopic (exact) mass is 596 g/mol. The van der Waals surface area contributed by atoms with E-state index < -0.39 is 16.4 Å². The van der Waals surface area contributed by atoms with Crippen LogP contribution in [0.3, 0.4) is 0 Å². The van der Waals surface area contributed by atoms with Gasteiger partial charge in [0.05, 0.1) is 0 Å². The number of carboxylic acids is 1. The van der Waals surface area contributed by atoms with Crippen molar-refractivity contribution >= 4 is 39.4 Å². The van der Waals surface area contributed by atoms with E-state index in [2.05, 4.69) is 20.8 Å². The molecule has 39 heavy (non-hydrogen) atoms. The number of carbonyl (C=O) groups excluding carboxylic acids is 1. The molecule has 0 aromatic heterocycles. The van der Waals surface area contributed by atoms with Crippen LogP contribution in [0, 0.1) is 6.92 Å². The van der Waals surface area contributed by atoms with Gasteiger partial charge in [-0.15, -0.1) is 0 Å². The first-order valence-corrected chi connectivity index (χ1v) is 16.7. The molecule has 6 nitrogen and oxygen atoms in total. The Balaban J connectivity index is -0.000000173. The maximum absolute atomic E-state index is 10.2. The van der Waals surface area contributed by atoms with Gasteiger partial charge in [0.1, 0.15) is 0 Å². The minimum atomic E-state index is -4.92. The second-order valence-electron chi connectivity index (χ2n) is 10.2. The van der Waals surface area contributed by atoms with E-state index in [1.165, 1.54) is 141 Å². The Morgan fingerprint density at radius 3 is 1.00 bits per heavy atom. The van der Waals surface area contributed by atoms with Crippen molar-refractivity contribution in [3.8, 4) is 0 Å². The van der Waals surface area contributed by atoms with Gasteiger partial charge in [0.15, 0.2) is 0 Å². The van der Waals surface area contributed by atoms with Gasteiger partial charge in [-0.25, -0.2) is 8.42 Å². The summed E-state index contributed by atoms with van der Waals surface area (Å²) in [5.74, 6) is -0.903. The van der Waals surface area contributed by atoms with Crippen molar-refractivity contribution in [2.75, 3.05) is 0 Å². The van der Waals surface area contributed by atoms with Crippen LogP contribution >= 0.6 is 0 Å². The predicted octanol–water partition coefficient (Wildman–Crippen LogP) is 5.37. The van der Waals surface area contributed by atoms with Gasteiger partial charge in [0, 0.05) is 5.97 Å². The molecule has 0 saturated heterocycles. The third kappa shape index (κ3) is 73.3. The Hall–Kier alpha value is 1.11. The van der Waals surface area contributed by atoms with Crippen molar-refractivity contribution in [2.24, 2.45) is 0 Å². The molecule has 0 aliphatic heterocycles. The summed E-state index contributed by atoms with van der Waals surface area (Å²) in [4.78, 5) is 10.2. The Labute approximate surface area is 282 Å². The Morgan fingerprint density at radius 1 is 0.590 bits per heavy atom. The number of unbranched alkanes of at least 4 members (excludes halogenated alkanes) is 23. The third-order valence-corrected chi connectivity index (χ3v) is 6.34. The van der Waals surface area contributed by atoms with Crippen LogP contribution in [0.4, 0.5) is 0 Å². The molecule has 0 bridgehead atoms. The number of aliphatic carboxylic acids is 1. The molecule has 0 unspecified atom stereocenters. The van der Waals surface area contributed by atoms with Crippen LogP contribution in [0.2, 0.25) is 0 Å². The van der Waals surface area contributed by atoms with Gasteiger partial charge in [-0.3, -0.25) is 4.55 Å². The zero-order chi connectivity index (χ0) is 28.5. The third-order valence-electron chi connectivity index (χ3n) is 6.34. The number of carbonyl (C=O) groups is 1. The fourth-order valence-electron chi connectivity index (χ4n) is 4.13. The quantitative estimate of drug-likeness (QED) is 0.0498. The summed E-state index contributed by atoms with van der Waals surface area (Å²) in [6.07, 6.45) is 33.7. The van der Waals surface area contributed by atoms with Gasteiger partial charge < -0.3 is 21.4 Å². The van der Waals surface area contributed by atoms with Crippen LogP contribution in [0.15, 0.2) is 0 Å². The van der Waals surface area contributed by atoms with E-state index >= 15 is 0 Å². The first-order chi connectivity index (χ1) is 17.7. The molecule has 226 valence electrons. The molecule has 0 radical (unpaired) electrons. The van der Waals surface area contributed by atoms with Crippen LogP contribution in [0.25, 0.3) is 0 Å². The average molecular weight is 597 g/mol. The molecule has 0 fully saturated rings. The molecule has 1 N–H and O–H groups in total. The number of hydrogen-bond acceptors (Lipinski definition) is 5. The molecule has 0 heterocycles. The van der Waals surface area contributed by atoms with Gasteiger partial charge in [0.25, 0.3) is 0 Å². The van der Waals surface area contributed by atoms with E-state index in [1.807, 2.05) is 0 Å². The summed E-state index contributed by atoms with van der Waals surface area (Å²) in [7, 11) is -4.92. The molecular formula is C30H61MgNaO6S. The Kier molecular flexibility index (Phi) is 55.6. The average Bonchev–Trinajstić information content (AvgIpc) is 2.82. The van der Waals surface area contributed by atoms with Crippen molar-refractivity contribution in [1.29, 1.82) is 0 Å². The van der Waals surface area contributed by atoms with Crippen LogP contribution in [0.5, 0.6) is 0 Å². The standard InChI is InChI=1S/C18H36O2.C12H25.Mg.Na.H2O4S/c1-2-3-4-5-6-7-8-9-10-11-12-13-14-15-16-17-18(19)20;1-3-5-7-9-11-12-10-8-6-4-2;;;1-5(2,3)4/h2-17H2,1H3,(H,19,20);1,3-12H2,2H3;;;(H2,1,2,3,4)/q;-1;+2;+1;/p-2. The molecule has 0 amide bonds. The molecule has 0 saturated carbocycles. The number of rotatable bonds is 25. The maximum atomic E-state index is 10.2. The molecule has 0 aliphatic carbocycles. The Morgan fingerprint density at radius 2 is 0.795 bits per heavy atom. The zero-order valence-electron chi connectivity index (χ0n) is 26.2. The topological polar surface area (TPSA) is 118 Å². The number of carboxylic acid groups (broad SMARTS) is 1. The van der Waals surface area contributed by atoms with E-state index in [0.29, 0.717) is 0 Å². The van der Waals surface area contributed by atoms with Crippen LogP contribution < -0.4 is 34.7 Å². The van der Waals surface area contributed by atoms with Gasteiger partial charge in [-0.05, 0) is 12.8 Å². The SMILES string of the molecule is CCCCCCCCCCCCCCCCCC(=O)[O-].O=S(=O)([O-])O.[CH2-]CCCCCCCCCCC.[Mg+2].[Na+]. The van der Waals surface area contributed by atoms with E-state index in [1.54, 1.807) is 0 Å². The van der Waals surface area contributed by atoms with Crippen molar-refractivity contribution in [3.63, 3.8) is 0 Å². The van der Waals surface area contributed by atoms with Gasteiger partial charge in [-0.1, -0.05) is 162 Å². The largest absolute Gasteiger partial charge is 2.00 e. The molecular weight excluding hydrogens is 536 g/mol. The molecule has 0 rings (SSSR count). The van der Waals surface area contributed by atoms with Crippen LogP contribution in [0.1, 0.15) is 181 Å². The van der Waals surface area contributed by atoms with Gasteiger partial charge >= 0.3 is 52.6 Å². The fraction of sp³-hybridized carbons (Fsp3) is 0.933. The molecule has 0 atom stereocenters. The molecule has 0 aliphatic rings. The second-order valence-corrected chi connectivity index (χ2v) is 11.0. The minimum absolute atomic E-state index is 0. The summed E-state index contributed by atoms with van der Waals surface area (Å²) >= 11 is 0. The van der Waals surface area contributed by atoms with E-state index in [-0.39, 0.29) is 59.0 Å². The Bertz CT molecular complexity index is 518. The summed E-state index contributed by atoms with van der Waals surface area (Å²) in [6, 6.07) is 0. The minimum Gasteiger partial charge on any atom is -0.726 e. The number of hydrogen-bond donors (Lipinski definition) is 1. The summed E-state index contributed by atoms with van der Waals surface area (Å²) in [5, 5.41) is 10.2. The second kappa shape index (κ2) is 43.6. The van der Waals surface area contributed by atoms with Crippen molar-refractivity contribution in [3.05, 3.63) is 6.92 Å². The van der Waals surface area contributed by atoms with Crippen LogP contribution in [-0.2, 0) is 15.2 Å². The van der Waals surface area contributed by atoms with Gasteiger partial charge in [-0.2, -0.15) is 6.42 Å². The van der Waals surface area contributed by atoms with Crippen LogP contribution in [-0.4, -0.2) is 46.5 Å². The zero-order valence-corrected chi connectivity index (χ0v) is 30.4. The predicted molar refractivity (Wildman–Crippen MR) is 160 cm³/mol. The normalized spacial score (nSPS) is 10.3. The fourth-order valence-corrected chi connectivity index (χ4v) is 4.13. The van der Waals surface area contributed by atoms with Crippen molar-refractivity contribution in [2.45, 2.75) is 181 Å². The van der Waals surface area contributed by atoms with Crippen molar-refractivity contribution < 1.29 is 57.0 Å². The maximum Gasteiger partial charge on any atom is 2.00 e. The molecule has 0 aromatic carbocycles. The smallest absolute Gasteiger partial charge is 0.726 e. The molecule has 0 spiro atoms. The first kappa shape index (κ1) is 49.8. The first-order valence-electron chi connectivity index (χ1n) is 15.4. The van der Waals surface area contributed by atoms with E-state index in [9.17, 15) is 9.90 Å². The summed E-state index contributed by atoms with van der Waals surface area (Å²) < 4.78 is 32.8. The van der Waals surface area contributed by atoms with Crippen molar-refractivity contribution in [1.82, 2.24) is 0 Å². The van der Waals surface area contributed by atoms with E-state index in [4.69, 9.17) is 17.5 Å². The molecule has 9 heteroatoms. The summed E-state index contributed by atoms with van der Waals surface area (Å²) in [6.45, 7) is 8.38. The van der Waals surface area contributed by atoms with E-state index in [0.717, 1.165) is 19.3 Å². The summed E-state index contributed by atoms with van der Waals surface area (Å²) in [5.41, 5.74) is 0. The van der Waals surface area contributed by atoms with Gasteiger partial charge in [0.2, 0.25) is 10.4 Å². The molecule has 0 aromatic rings.